The van der Waals surface area contributed by atoms with Gasteiger partial charge in [-0.3, -0.25) is 4.79 Å². The summed E-state index contributed by atoms with van der Waals surface area (Å²) < 4.78 is 28.1. The first-order valence-electron chi connectivity index (χ1n) is 9.24. The second-order valence-electron chi connectivity index (χ2n) is 6.91. The normalized spacial score (nSPS) is 14.1. The Morgan fingerprint density at radius 2 is 1.58 bits per heavy atom. The molecule has 1 amide bonds. The summed E-state index contributed by atoms with van der Waals surface area (Å²) in [6.45, 7) is 0. The lowest BCUT2D eigenvalue weighted by atomic mass is 10.1. The van der Waals surface area contributed by atoms with E-state index in [1.165, 1.54) is 6.07 Å². The minimum atomic E-state index is -3.71. The zero-order valence-electron chi connectivity index (χ0n) is 15.8. The van der Waals surface area contributed by atoms with Gasteiger partial charge in [-0.15, -0.1) is 4.40 Å². The van der Waals surface area contributed by atoms with Crippen LogP contribution in [0.1, 0.15) is 15.9 Å². The number of rotatable bonds is 3. The van der Waals surface area contributed by atoms with Crippen LogP contribution < -0.4 is 16.3 Å². The predicted molar refractivity (Wildman–Crippen MR) is 117 cm³/mol. The van der Waals surface area contributed by atoms with Crippen LogP contribution in [-0.2, 0) is 10.0 Å². The van der Waals surface area contributed by atoms with E-state index in [2.05, 4.69) is 25.0 Å². The number of benzene rings is 3. The van der Waals surface area contributed by atoms with Crippen molar-refractivity contribution < 1.29 is 13.2 Å². The molecule has 0 saturated heterocycles. The quantitative estimate of drug-likeness (QED) is 0.394. The number of hydrogen-bond acceptors (Lipinski definition) is 5. The number of sulfonamides is 1. The Hall–Kier alpha value is -4.18. The van der Waals surface area contributed by atoms with Crippen molar-refractivity contribution in [1.82, 2.24) is 9.97 Å². The number of anilines is 2. The highest BCUT2D eigenvalue weighted by atomic mass is 32.2. The molecule has 4 aromatic rings. The summed E-state index contributed by atoms with van der Waals surface area (Å²) in [5, 5.41) is 5.77. The lowest BCUT2D eigenvalue weighted by Gasteiger charge is -2.08. The van der Waals surface area contributed by atoms with E-state index < -0.39 is 10.0 Å². The van der Waals surface area contributed by atoms with E-state index >= 15 is 0 Å². The molecular formula is C21H15N5O4S. The van der Waals surface area contributed by atoms with Crippen molar-refractivity contribution in [3.8, 4) is 0 Å². The third kappa shape index (κ3) is 3.49. The van der Waals surface area contributed by atoms with Crippen LogP contribution in [0.3, 0.4) is 0 Å². The van der Waals surface area contributed by atoms with Gasteiger partial charge in [-0.2, -0.15) is 8.42 Å². The summed E-state index contributed by atoms with van der Waals surface area (Å²) in [4.78, 5) is 29.3. The van der Waals surface area contributed by atoms with Crippen molar-refractivity contribution in [2.45, 2.75) is 4.90 Å². The predicted octanol–water partition coefficient (Wildman–Crippen LogP) is 2.67. The number of aromatic amines is 2. The van der Waals surface area contributed by atoms with Crippen molar-refractivity contribution >= 4 is 44.2 Å². The number of aromatic nitrogens is 2. The molecule has 0 unspecified atom stereocenters. The molecule has 3 aromatic carbocycles. The van der Waals surface area contributed by atoms with Gasteiger partial charge in [0.25, 0.3) is 15.9 Å². The molecule has 0 spiro atoms. The van der Waals surface area contributed by atoms with Crippen molar-refractivity contribution in [2.75, 3.05) is 10.6 Å². The SMILES string of the molecule is O=C(Nc1ccc2[nH]c(=O)[nH]c2c1)c1ccc(NC2=NS(=O)(=O)c3ccccc32)cc1. The molecule has 1 aliphatic heterocycles. The molecule has 154 valence electrons. The molecular weight excluding hydrogens is 418 g/mol. The van der Waals surface area contributed by atoms with Crippen LogP contribution in [0.4, 0.5) is 11.4 Å². The van der Waals surface area contributed by atoms with Gasteiger partial charge in [0.2, 0.25) is 0 Å². The number of fused-ring (bicyclic) bond motifs is 2. The summed E-state index contributed by atoms with van der Waals surface area (Å²) in [5.41, 5.74) is 2.97. The standard InChI is InChI=1S/C21H15N5O4S/c27-20(23-14-9-10-16-17(11-14)25-21(28)24-16)12-5-7-13(8-6-12)22-19-15-3-1-2-4-18(15)31(29,30)26-19/h1-11H,(H,22,26)(H,23,27)(H2,24,25,28). The molecule has 0 radical (unpaired) electrons. The number of amidine groups is 1. The van der Waals surface area contributed by atoms with Crippen molar-refractivity contribution in [1.29, 1.82) is 0 Å². The number of hydrogen-bond donors (Lipinski definition) is 4. The second kappa shape index (κ2) is 6.96. The maximum atomic E-state index is 12.5. The summed E-state index contributed by atoms with van der Waals surface area (Å²) in [7, 11) is -3.71. The van der Waals surface area contributed by atoms with Crippen LogP contribution in [-0.4, -0.2) is 30.1 Å². The van der Waals surface area contributed by atoms with Crippen LogP contribution in [0.5, 0.6) is 0 Å². The Bertz CT molecular complexity index is 1530. The molecule has 0 bridgehead atoms. The Labute approximate surface area is 175 Å². The Morgan fingerprint density at radius 1 is 0.871 bits per heavy atom. The highest BCUT2D eigenvalue weighted by molar-refractivity contribution is 7.90. The highest BCUT2D eigenvalue weighted by Crippen LogP contribution is 2.26. The molecule has 0 aliphatic carbocycles. The third-order valence-corrected chi connectivity index (χ3v) is 6.15. The molecule has 10 heteroatoms. The Kier molecular flexibility index (Phi) is 4.22. The summed E-state index contributed by atoms with van der Waals surface area (Å²) in [6.07, 6.45) is 0. The van der Waals surface area contributed by atoms with Crippen LogP contribution >= 0.6 is 0 Å². The van der Waals surface area contributed by atoms with Crippen molar-refractivity contribution in [2.24, 2.45) is 4.40 Å². The molecule has 5 rings (SSSR count). The Morgan fingerprint density at radius 3 is 2.39 bits per heavy atom. The van der Waals surface area contributed by atoms with Crippen LogP contribution in [0.25, 0.3) is 11.0 Å². The van der Waals surface area contributed by atoms with E-state index in [1.807, 2.05) is 0 Å². The van der Waals surface area contributed by atoms with Gasteiger partial charge < -0.3 is 20.6 Å². The number of imidazole rings is 1. The average molecular weight is 433 g/mol. The van der Waals surface area contributed by atoms with Crippen molar-refractivity contribution in [3.63, 3.8) is 0 Å². The van der Waals surface area contributed by atoms with E-state index in [4.69, 9.17) is 0 Å². The maximum Gasteiger partial charge on any atom is 0.323 e. The van der Waals surface area contributed by atoms with E-state index in [9.17, 15) is 18.0 Å². The maximum absolute atomic E-state index is 12.5. The zero-order chi connectivity index (χ0) is 21.6. The van der Waals surface area contributed by atoms with E-state index in [-0.39, 0.29) is 22.3 Å². The lowest BCUT2D eigenvalue weighted by Crippen LogP contribution is -2.13. The fourth-order valence-electron chi connectivity index (χ4n) is 3.35. The van der Waals surface area contributed by atoms with E-state index in [0.29, 0.717) is 33.5 Å². The number of carbonyl (C=O) groups excluding carboxylic acids is 1. The number of amides is 1. The summed E-state index contributed by atoms with van der Waals surface area (Å²) in [5.74, 6) is -0.0866. The van der Waals surface area contributed by atoms with Gasteiger partial charge in [0.05, 0.1) is 11.0 Å². The Balaban J connectivity index is 1.33. The fraction of sp³-hybridized carbons (Fsp3) is 0. The summed E-state index contributed by atoms with van der Waals surface area (Å²) >= 11 is 0. The average Bonchev–Trinajstić information content (AvgIpc) is 3.24. The van der Waals surface area contributed by atoms with Gasteiger partial charge in [0.1, 0.15) is 4.90 Å². The van der Waals surface area contributed by atoms with Gasteiger partial charge in [-0.1, -0.05) is 12.1 Å². The molecule has 1 aromatic heterocycles. The molecule has 0 atom stereocenters. The molecule has 9 nitrogen and oxygen atoms in total. The highest BCUT2D eigenvalue weighted by Gasteiger charge is 2.28. The molecule has 31 heavy (non-hydrogen) atoms. The van der Waals surface area contributed by atoms with E-state index in [0.717, 1.165) is 0 Å². The van der Waals surface area contributed by atoms with Gasteiger partial charge in [-0.05, 0) is 54.6 Å². The van der Waals surface area contributed by atoms with Gasteiger partial charge in [0.15, 0.2) is 5.84 Å². The molecule has 1 aliphatic rings. The lowest BCUT2D eigenvalue weighted by molar-refractivity contribution is 0.102. The topological polar surface area (TPSA) is 136 Å². The minimum Gasteiger partial charge on any atom is -0.339 e. The molecule has 2 heterocycles. The van der Waals surface area contributed by atoms with Crippen LogP contribution in [0.2, 0.25) is 0 Å². The second-order valence-corrected chi connectivity index (χ2v) is 8.48. The molecule has 0 saturated carbocycles. The minimum absolute atomic E-state index is 0.161. The van der Waals surface area contributed by atoms with Crippen LogP contribution in [0, 0.1) is 0 Å². The first-order valence-corrected chi connectivity index (χ1v) is 10.7. The van der Waals surface area contributed by atoms with E-state index in [1.54, 1.807) is 60.7 Å². The number of carbonyl (C=O) groups is 1. The molecule has 0 fully saturated rings. The summed E-state index contributed by atoms with van der Waals surface area (Å²) in [6, 6.07) is 18.2. The monoisotopic (exact) mass is 433 g/mol. The number of nitrogens with zero attached hydrogens (tertiary/aromatic N) is 1. The largest absolute Gasteiger partial charge is 0.339 e. The number of nitrogens with one attached hydrogen (secondary N) is 4. The number of H-pyrrole nitrogens is 2. The zero-order valence-corrected chi connectivity index (χ0v) is 16.7. The van der Waals surface area contributed by atoms with Gasteiger partial charge in [-0.25, -0.2) is 4.79 Å². The smallest absolute Gasteiger partial charge is 0.323 e. The first-order chi connectivity index (χ1) is 14.9. The first kappa shape index (κ1) is 18.8. The van der Waals surface area contributed by atoms with Crippen molar-refractivity contribution in [3.05, 3.63) is 88.3 Å². The van der Waals surface area contributed by atoms with Gasteiger partial charge in [0, 0.05) is 22.5 Å². The molecule has 4 N–H and O–H groups in total. The third-order valence-electron chi connectivity index (χ3n) is 4.82. The van der Waals surface area contributed by atoms with Crippen LogP contribution in [0.15, 0.2) is 80.8 Å². The van der Waals surface area contributed by atoms with Gasteiger partial charge >= 0.3 is 5.69 Å². The fourth-order valence-corrected chi connectivity index (χ4v) is 4.53.